The Morgan fingerprint density at radius 3 is 2.61 bits per heavy atom. The molecule has 41 heavy (non-hydrogen) atoms. The first-order valence-electron chi connectivity index (χ1n) is 13.2. The van der Waals surface area contributed by atoms with Gasteiger partial charge in [0.05, 0.1) is 41.2 Å². The lowest BCUT2D eigenvalue weighted by atomic mass is 9.96. The van der Waals surface area contributed by atoms with Gasteiger partial charge in [-0.05, 0) is 74.7 Å². The number of fused-ring (bicyclic) bond motifs is 2. The number of thiazole rings is 1. The number of benzene rings is 2. The first kappa shape index (κ1) is 26.5. The fraction of sp³-hybridized carbons (Fsp3) is 0.226. The summed E-state index contributed by atoms with van der Waals surface area (Å²) in [7, 11) is 1.53. The van der Waals surface area contributed by atoms with E-state index in [0.717, 1.165) is 21.3 Å². The highest BCUT2D eigenvalue weighted by molar-refractivity contribution is 7.22. The molecule has 0 spiro atoms. The van der Waals surface area contributed by atoms with E-state index in [1.807, 2.05) is 51.1 Å². The Morgan fingerprint density at radius 1 is 1.05 bits per heavy atom. The predicted octanol–water partition coefficient (Wildman–Crippen LogP) is 5.90. The number of aryl methyl sites for hydroxylation is 3. The highest BCUT2D eigenvalue weighted by Crippen LogP contribution is 2.46. The molecule has 1 saturated heterocycles. The van der Waals surface area contributed by atoms with Gasteiger partial charge in [-0.25, -0.2) is 9.97 Å². The molecule has 1 unspecified atom stereocenters. The average Bonchev–Trinajstić information content (AvgIpc) is 3.60. The quantitative estimate of drug-likeness (QED) is 0.154. The van der Waals surface area contributed by atoms with Crippen molar-refractivity contribution < 1.29 is 24.2 Å². The number of hydrogen-bond acceptors (Lipinski definition) is 8. The number of hydrogen-bond donors (Lipinski definition) is 1. The van der Waals surface area contributed by atoms with E-state index < -0.39 is 17.7 Å². The molecule has 0 radical (unpaired) electrons. The summed E-state index contributed by atoms with van der Waals surface area (Å²) in [5, 5.41) is 12.2. The molecular weight excluding hydrogens is 540 g/mol. The lowest BCUT2D eigenvalue weighted by molar-refractivity contribution is -0.132. The number of carbonyl (C=O) groups is 2. The van der Waals surface area contributed by atoms with Crippen LogP contribution in [-0.2, 0) is 9.59 Å². The van der Waals surface area contributed by atoms with Crippen LogP contribution in [-0.4, -0.2) is 44.9 Å². The third-order valence-corrected chi connectivity index (χ3v) is 8.20. The van der Waals surface area contributed by atoms with E-state index in [4.69, 9.17) is 14.5 Å². The topological polar surface area (TPSA) is 106 Å². The van der Waals surface area contributed by atoms with Crippen LogP contribution in [0, 0.1) is 20.8 Å². The van der Waals surface area contributed by atoms with Crippen LogP contribution in [0.1, 0.15) is 41.0 Å². The second kappa shape index (κ2) is 10.0. The molecule has 0 bridgehead atoms. The molecule has 3 aromatic heterocycles. The first-order chi connectivity index (χ1) is 19.7. The van der Waals surface area contributed by atoms with Crippen molar-refractivity contribution in [1.29, 1.82) is 0 Å². The smallest absolute Gasteiger partial charge is 0.301 e. The molecule has 1 aliphatic heterocycles. The van der Waals surface area contributed by atoms with Crippen LogP contribution in [0.4, 0.5) is 5.13 Å². The summed E-state index contributed by atoms with van der Waals surface area (Å²) in [6, 6.07) is 13.8. The van der Waals surface area contributed by atoms with E-state index in [9.17, 15) is 14.7 Å². The van der Waals surface area contributed by atoms with Crippen LogP contribution in [0.15, 0.2) is 60.3 Å². The maximum Gasteiger partial charge on any atom is 0.301 e. The summed E-state index contributed by atoms with van der Waals surface area (Å²) in [5.74, 6) is -0.925. The first-order valence-corrected chi connectivity index (χ1v) is 14.0. The maximum atomic E-state index is 13.8. The average molecular weight is 569 g/mol. The van der Waals surface area contributed by atoms with Gasteiger partial charge in [0, 0.05) is 6.20 Å². The van der Waals surface area contributed by atoms with Gasteiger partial charge >= 0.3 is 5.91 Å². The van der Waals surface area contributed by atoms with Gasteiger partial charge in [-0.1, -0.05) is 29.5 Å². The van der Waals surface area contributed by atoms with Gasteiger partial charge in [0.25, 0.3) is 5.78 Å². The molecule has 1 aliphatic rings. The number of ether oxygens (including phenoxy) is 2. The van der Waals surface area contributed by atoms with E-state index in [0.29, 0.717) is 45.8 Å². The summed E-state index contributed by atoms with van der Waals surface area (Å²) >= 11 is 1.33. The highest BCUT2D eigenvalue weighted by Gasteiger charge is 2.49. The fourth-order valence-electron chi connectivity index (χ4n) is 5.46. The van der Waals surface area contributed by atoms with Crippen molar-refractivity contribution in [2.75, 3.05) is 18.6 Å². The van der Waals surface area contributed by atoms with Gasteiger partial charge in [0.1, 0.15) is 11.3 Å². The molecule has 1 atom stereocenters. The highest BCUT2D eigenvalue weighted by atomic mass is 32.1. The Balaban J connectivity index is 1.62. The largest absolute Gasteiger partial charge is 0.505 e. The Morgan fingerprint density at radius 2 is 1.85 bits per heavy atom. The number of nitrogens with zero attached hydrogens (tertiary/aromatic N) is 4. The van der Waals surface area contributed by atoms with Crippen LogP contribution < -0.4 is 14.4 Å². The van der Waals surface area contributed by atoms with E-state index in [-0.39, 0.29) is 11.3 Å². The lowest BCUT2D eigenvalue weighted by Gasteiger charge is -2.24. The van der Waals surface area contributed by atoms with Gasteiger partial charge in [0.15, 0.2) is 22.4 Å². The Labute approximate surface area is 240 Å². The lowest BCUT2D eigenvalue weighted by Crippen LogP contribution is -2.29. The minimum absolute atomic E-state index is 0.0536. The van der Waals surface area contributed by atoms with Crippen molar-refractivity contribution in [2.24, 2.45) is 0 Å². The van der Waals surface area contributed by atoms with Crippen LogP contribution in [0.25, 0.3) is 21.6 Å². The van der Waals surface area contributed by atoms with Crippen LogP contribution in [0.3, 0.4) is 0 Å². The minimum Gasteiger partial charge on any atom is -0.505 e. The molecule has 10 heteroatoms. The molecule has 4 heterocycles. The summed E-state index contributed by atoms with van der Waals surface area (Å²) in [4.78, 5) is 38.3. The zero-order valence-electron chi connectivity index (χ0n) is 23.3. The Hall–Kier alpha value is -4.70. The molecule has 208 valence electrons. The molecule has 0 saturated carbocycles. The predicted molar refractivity (Wildman–Crippen MR) is 158 cm³/mol. The van der Waals surface area contributed by atoms with Gasteiger partial charge in [-0.15, -0.1) is 0 Å². The van der Waals surface area contributed by atoms with E-state index in [1.54, 1.807) is 35.7 Å². The summed E-state index contributed by atoms with van der Waals surface area (Å²) < 4.78 is 13.9. The third kappa shape index (κ3) is 4.22. The number of carbonyl (C=O) groups excluding carboxylic acids is 2. The molecule has 5 aromatic rings. The van der Waals surface area contributed by atoms with E-state index in [1.165, 1.54) is 23.3 Å². The van der Waals surface area contributed by atoms with Crippen molar-refractivity contribution in [2.45, 2.75) is 33.7 Å². The molecule has 1 fully saturated rings. The number of rotatable bonds is 6. The Bertz CT molecular complexity index is 1900. The number of aliphatic hydroxyl groups is 1. The van der Waals surface area contributed by atoms with Crippen molar-refractivity contribution in [1.82, 2.24) is 14.4 Å². The number of Topliss-reactive ketones (excluding diaryl/α,β-unsaturated/α-hetero) is 1. The van der Waals surface area contributed by atoms with Crippen molar-refractivity contribution in [3.8, 4) is 11.5 Å². The standard InChI is InChI=1S/C31H28N4O5S/c1-6-40-20-11-10-19(15-21(20)39-5)27-24(28(36)26-18(4)32-23-9-7-8-12-34(23)26)29(37)30(38)35(27)31-33-25-17(3)13-16(2)14-22(25)41-31/h7-15,27,36H,6H2,1-5H3/b28-24+. The van der Waals surface area contributed by atoms with Gasteiger partial charge in [-0.2, -0.15) is 0 Å². The number of ketones is 1. The van der Waals surface area contributed by atoms with E-state index >= 15 is 0 Å². The van der Waals surface area contributed by atoms with Crippen LogP contribution in [0.2, 0.25) is 0 Å². The number of aromatic nitrogens is 3. The zero-order valence-corrected chi connectivity index (χ0v) is 24.1. The maximum absolute atomic E-state index is 13.8. The third-order valence-electron chi connectivity index (χ3n) is 7.20. The molecule has 1 N–H and O–H groups in total. The number of aliphatic hydroxyl groups excluding tert-OH is 1. The van der Waals surface area contributed by atoms with Crippen molar-refractivity contribution >= 4 is 49.8 Å². The van der Waals surface area contributed by atoms with Crippen molar-refractivity contribution in [3.05, 3.63) is 88.4 Å². The molecule has 0 aliphatic carbocycles. The molecule has 1 amide bonds. The molecule has 9 nitrogen and oxygen atoms in total. The number of anilines is 1. The second-order valence-corrected chi connectivity index (χ2v) is 10.9. The normalized spacial score (nSPS) is 16.7. The summed E-state index contributed by atoms with van der Waals surface area (Å²) in [5.41, 5.74) is 4.79. The van der Waals surface area contributed by atoms with Crippen LogP contribution >= 0.6 is 11.3 Å². The minimum atomic E-state index is -0.977. The van der Waals surface area contributed by atoms with E-state index in [2.05, 4.69) is 4.98 Å². The summed E-state index contributed by atoms with van der Waals surface area (Å²) in [6.07, 6.45) is 1.76. The number of imidazole rings is 1. The van der Waals surface area contributed by atoms with Crippen LogP contribution in [0.5, 0.6) is 11.5 Å². The number of amides is 1. The number of methoxy groups -OCH3 is 1. The molecular formula is C31H28N4O5S. The SMILES string of the molecule is CCOc1ccc(C2/C(=C(\O)c3c(C)nc4ccccn34)C(=O)C(=O)N2c2nc3c(C)cc(C)cc3s2)cc1OC. The summed E-state index contributed by atoms with van der Waals surface area (Å²) in [6.45, 7) is 8.03. The molecule has 6 rings (SSSR count). The Kier molecular flexibility index (Phi) is 6.50. The molecule has 2 aromatic carbocycles. The van der Waals surface area contributed by atoms with Gasteiger partial charge < -0.3 is 14.6 Å². The van der Waals surface area contributed by atoms with Crippen molar-refractivity contribution in [3.63, 3.8) is 0 Å². The monoisotopic (exact) mass is 568 g/mol. The van der Waals surface area contributed by atoms with Gasteiger partial charge in [-0.3, -0.25) is 18.9 Å². The zero-order chi connectivity index (χ0) is 29.0. The number of pyridine rings is 1. The second-order valence-electron chi connectivity index (χ2n) is 9.91. The fourth-order valence-corrected chi connectivity index (χ4v) is 6.63. The van der Waals surface area contributed by atoms with Gasteiger partial charge in [0.2, 0.25) is 0 Å².